The lowest BCUT2D eigenvalue weighted by Crippen LogP contribution is -1.98. The molecule has 1 aromatic rings. The average Bonchev–Trinajstić information content (AvgIpc) is 2.00. The largest absolute Gasteiger partial charge is 0.388 e. The van der Waals surface area contributed by atoms with Gasteiger partial charge in [0.2, 0.25) is 0 Å². The van der Waals surface area contributed by atoms with E-state index in [1.54, 1.807) is 6.07 Å². The highest BCUT2D eigenvalue weighted by Crippen LogP contribution is 2.24. The Morgan fingerprint density at radius 1 is 1.57 bits per heavy atom. The summed E-state index contributed by atoms with van der Waals surface area (Å²) in [6, 6.07) is 4.39. The smallest absolute Gasteiger partial charge is 0.124 e. The summed E-state index contributed by atoms with van der Waals surface area (Å²) in [4.78, 5) is 0. The zero-order chi connectivity index (χ0) is 10.7. The Kier molecular flexibility index (Phi) is 3.84. The summed E-state index contributed by atoms with van der Waals surface area (Å²) in [5.41, 5.74) is 1.44. The van der Waals surface area contributed by atoms with Crippen molar-refractivity contribution in [2.45, 2.75) is 19.4 Å². The molecule has 3 heteroatoms. The van der Waals surface area contributed by atoms with E-state index < -0.39 is 6.10 Å². The maximum atomic E-state index is 13.0. The highest BCUT2D eigenvalue weighted by Gasteiger charge is 2.09. The molecule has 0 fully saturated rings. The van der Waals surface area contributed by atoms with E-state index in [-0.39, 0.29) is 5.82 Å². The first-order valence-electron chi connectivity index (χ1n) is 4.27. The van der Waals surface area contributed by atoms with E-state index in [2.05, 4.69) is 22.5 Å². The molecule has 0 aliphatic heterocycles. The van der Waals surface area contributed by atoms with E-state index in [4.69, 9.17) is 0 Å². The van der Waals surface area contributed by atoms with Crippen molar-refractivity contribution in [2.24, 2.45) is 0 Å². The second kappa shape index (κ2) is 4.71. The van der Waals surface area contributed by atoms with Crippen molar-refractivity contribution in [3.63, 3.8) is 0 Å². The zero-order valence-electron chi connectivity index (χ0n) is 7.93. The van der Waals surface area contributed by atoms with Crippen molar-refractivity contribution >= 4 is 15.9 Å². The van der Waals surface area contributed by atoms with Gasteiger partial charge in [0.15, 0.2) is 0 Å². The van der Waals surface area contributed by atoms with Crippen LogP contribution in [0.1, 0.15) is 25.0 Å². The molecule has 76 valence electrons. The molecule has 1 N–H and O–H groups in total. The van der Waals surface area contributed by atoms with Gasteiger partial charge in [-0.15, -0.1) is 6.58 Å². The van der Waals surface area contributed by atoms with E-state index in [0.717, 1.165) is 5.57 Å². The minimum Gasteiger partial charge on any atom is -0.388 e. The molecule has 0 bridgehead atoms. The fourth-order valence-electron chi connectivity index (χ4n) is 1.22. The third kappa shape index (κ3) is 3.24. The molecule has 1 rings (SSSR count). The molecule has 0 aromatic heterocycles. The minimum atomic E-state index is -0.681. The first-order valence-corrected chi connectivity index (χ1v) is 5.07. The molecule has 0 saturated heterocycles. The van der Waals surface area contributed by atoms with Crippen molar-refractivity contribution in [3.05, 3.63) is 46.2 Å². The van der Waals surface area contributed by atoms with E-state index >= 15 is 0 Å². The zero-order valence-corrected chi connectivity index (χ0v) is 9.51. The molecule has 14 heavy (non-hydrogen) atoms. The lowest BCUT2D eigenvalue weighted by molar-refractivity contribution is 0.178. The molecule has 1 unspecified atom stereocenters. The fourth-order valence-corrected chi connectivity index (χ4v) is 1.70. The second-order valence-electron chi connectivity index (χ2n) is 3.38. The van der Waals surface area contributed by atoms with Crippen molar-refractivity contribution in [1.29, 1.82) is 0 Å². The number of aliphatic hydroxyl groups is 1. The number of rotatable bonds is 3. The maximum absolute atomic E-state index is 13.0. The first-order chi connectivity index (χ1) is 6.49. The van der Waals surface area contributed by atoms with Gasteiger partial charge in [0.25, 0.3) is 0 Å². The van der Waals surface area contributed by atoms with Gasteiger partial charge in [-0.25, -0.2) is 4.39 Å². The SMILES string of the molecule is C=C(C)CC(O)c1cc(F)cc(Br)c1. The van der Waals surface area contributed by atoms with Crippen molar-refractivity contribution in [3.8, 4) is 0 Å². The predicted molar refractivity (Wildman–Crippen MR) is 58.5 cm³/mol. The summed E-state index contributed by atoms with van der Waals surface area (Å²) in [6.45, 7) is 5.53. The Morgan fingerprint density at radius 3 is 2.71 bits per heavy atom. The Bertz CT molecular complexity index is 329. The lowest BCUT2D eigenvalue weighted by Gasteiger charge is -2.11. The van der Waals surface area contributed by atoms with Gasteiger partial charge < -0.3 is 5.11 Å². The van der Waals surface area contributed by atoms with Gasteiger partial charge in [0, 0.05) is 4.47 Å². The molecule has 1 nitrogen and oxygen atoms in total. The summed E-state index contributed by atoms with van der Waals surface area (Å²) < 4.78 is 13.6. The molecule has 1 atom stereocenters. The highest BCUT2D eigenvalue weighted by atomic mass is 79.9. The summed E-state index contributed by atoms with van der Waals surface area (Å²) in [5.74, 6) is -0.352. The third-order valence-corrected chi connectivity index (χ3v) is 2.27. The van der Waals surface area contributed by atoms with Crippen LogP contribution in [-0.2, 0) is 0 Å². The van der Waals surface area contributed by atoms with Crippen LogP contribution in [0.2, 0.25) is 0 Å². The molecule has 0 saturated carbocycles. The van der Waals surface area contributed by atoms with Gasteiger partial charge >= 0.3 is 0 Å². The van der Waals surface area contributed by atoms with Crippen molar-refractivity contribution in [1.82, 2.24) is 0 Å². The second-order valence-corrected chi connectivity index (χ2v) is 4.30. The van der Waals surface area contributed by atoms with Gasteiger partial charge in [0.1, 0.15) is 5.82 Å². The number of benzene rings is 1. The summed E-state index contributed by atoms with van der Waals surface area (Å²) in [5, 5.41) is 9.69. The van der Waals surface area contributed by atoms with Crippen LogP contribution in [0.15, 0.2) is 34.8 Å². The Morgan fingerprint density at radius 2 is 2.21 bits per heavy atom. The third-order valence-electron chi connectivity index (χ3n) is 1.81. The number of hydrogen-bond donors (Lipinski definition) is 1. The van der Waals surface area contributed by atoms with Crippen LogP contribution >= 0.6 is 15.9 Å². The Labute approximate surface area is 91.4 Å². The standard InChI is InChI=1S/C11H12BrFO/c1-7(2)3-11(14)8-4-9(12)6-10(13)5-8/h4-6,11,14H,1,3H2,2H3. The van der Waals surface area contributed by atoms with Gasteiger partial charge in [-0.2, -0.15) is 0 Å². The quantitative estimate of drug-likeness (QED) is 0.822. The maximum Gasteiger partial charge on any atom is 0.124 e. The molecule has 0 radical (unpaired) electrons. The van der Waals surface area contributed by atoms with Crippen LogP contribution in [0, 0.1) is 5.82 Å². The topological polar surface area (TPSA) is 20.2 Å². The van der Waals surface area contributed by atoms with Crippen LogP contribution in [0.3, 0.4) is 0 Å². The van der Waals surface area contributed by atoms with Crippen LogP contribution in [0.25, 0.3) is 0 Å². The van der Waals surface area contributed by atoms with Crippen LogP contribution in [-0.4, -0.2) is 5.11 Å². The van der Waals surface area contributed by atoms with Crippen molar-refractivity contribution in [2.75, 3.05) is 0 Å². The highest BCUT2D eigenvalue weighted by molar-refractivity contribution is 9.10. The Hall–Kier alpha value is -0.670. The average molecular weight is 259 g/mol. The van der Waals surface area contributed by atoms with E-state index in [1.165, 1.54) is 12.1 Å². The minimum absolute atomic E-state index is 0.352. The van der Waals surface area contributed by atoms with Crippen LogP contribution in [0.4, 0.5) is 4.39 Å². The lowest BCUT2D eigenvalue weighted by atomic mass is 10.0. The van der Waals surface area contributed by atoms with Gasteiger partial charge in [-0.1, -0.05) is 21.5 Å². The number of halogens is 2. The molecule has 0 spiro atoms. The molecule has 0 heterocycles. The Balaban J connectivity index is 2.89. The summed E-state index contributed by atoms with van der Waals surface area (Å²) >= 11 is 3.17. The normalized spacial score (nSPS) is 12.6. The van der Waals surface area contributed by atoms with E-state index in [1.807, 2.05) is 6.92 Å². The van der Waals surface area contributed by atoms with Crippen LogP contribution < -0.4 is 0 Å². The van der Waals surface area contributed by atoms with Gasteiger partial charge in [-0.3, -0.25) is 0 Å². The molecule has 0 amide bonds. The first kappa shape index (κ1) is 11.4. The fraction of sp³-hybridized carbons (Fsp3) is 0.273. The molecule has 1 aromatic carbocycles. The number of hydrogen-bond acceptors (Lipinski definition) is 1. The van der Waals surface area contributed by atoms with Crippen molar-refractivity contribution < 1.29 is 9.50 Å². The van der Waals surface area contributed by atoms with Gasteiger partial charge in [0.05, 0.1) is 6.10 Å². The molecule has 0 aliphatic carbocycles. The summed E-state index contributed by atoms with van der Waals surface area (Å²) in [6.07, 6.45) is -0.227. The van der Waals surface area contributed by atoms with E-state index in [9.17, 15) is 9.50 Å². The van der Waals surface area contributed by atoms with E-state index in [0.29, 0.717) is 16.5 Å². The molecular formula is C11H12BrFO. The predicted octanol–water partition coefficient (Wildman–Crippen LogP) is 3.59. The molecular weight excluding hydrogens is 247 g/mol. The summed E-state index contributed by atoms with van der Waals surface area (Å²) in [7, 11) is 0. The monoisotopic (exact) mass is 258 g/mol. The molecule has 0 aliphatic rings. The van der Waals surface area contributed by atoms with Gasteiger partial charge in [-0.05, 0) is 37.1 Å². The number of aliphatic hydroxyl groups excluding tert-OH is 1. The van der Waals surface area contributed by atoms with Crippen LogP contribution in [0.5, 0.6) is 0 Å².